The van der Waals surface area contributed by atoms with Crippen molar-refractivity contribution in [3.05, 3.63) is 118 Å². The van der Waals surface area contributed by atoms with E-state index in [1.165, 1.54) is 11.1 Å². The number of hydrogen-bond donors (Lipinski definition) is 4. The van der Waals surface area contributed by atoms with E-state index in [1.807, 2.05) is 6.07 Å². The molecule has 0 aromatic heterocycles. The molecule has 1 aliphatic carbocycles. The van der Waals surface area contributed by atoms with Crippen molar-refractivity contribution in [3.8, 4) is 11.5 Å². The van der Waals surface area contributed by atoms with Gasteiger partial charge >= 0.3 is 1.43 Å². The molecule has 1 atom stereocenters. The number of aromatic hydroxyl groups is 2. The summed E-state index contributed by atoms with van der Waals surface area (Å²) in [6, 6.07) is 19.3. The molecule has 2 aliphatic rings. The van der Waals surface area contributed by atoms with Crippen LogP contribution in [0.3, 0.4) is 0 Å². The van der Waals surface area contributed by atoms with E-state index in [9.17, 15) is 41.4 Å². The molecule has 0 saturated heterocycles. The number of sulfonamides is 2. The summed E-state index contributed by atoms with van der Waals surface area (Å²) in [6.07, 6.45) is 2.85. The minimum atomic E-state index is -4.22. The standard InChI is InChI=1S/C18H16N4O5S.C16H15N5O4S.Cr/c19-16(25)8-11-3-1-2-10-4-6-15(24)18(17(10)11)22-21-13-9-12(28(20,26)27)5-7-14(13)23;1-10-15(16(23)21(20-10)11-5-3-2-4-6-11)19-18-13-9-12(26(17,24)25)7-8-14(13)22;/h1-7,9H,8H2,(H6,19,20,21,22,23,24,25,26,27);2-9,15H,1H3,(H3,17,19,22,24,25);/p-1. The van der Waals surface area contributed by atoms with Gasteiger partial charge in [0.25, 0.3) is 5.91 Å². The first kappa shape index (κ1) is 41.7. The van der Waals surface area contributed by atoms with E-state index in [4.69, 9.17) is 16.0 Å². The molecule has 4 aromatic carbocycles. The average molecular weight is 825 g/mol. The number of rotatable bonds is 9. The number of amides is 2. The van der Waals surface area contributed by atoms with E-state index in [0.29, 0.717) is 27.7 Å². The van der Waals surface area contributed by atoms with Gasteiger partial charge in [-0.1, -0.05) is 42.5 Å². The van der Waals surface area contributed by atoms with Gasteiger partial charge in [-0.05, 0) is 72.5 Å². The number of anilines is 1. The Morgan fingerprint density at radius 1 is 0.964 bits per heavy atom. The number of allylic oxidation sites excluding steroid dienone is 3. The quantitative estimate of drug-likeness (QED) is 0.103. The maximum atomic E-state index is 12.5. The molecule has 1 unspecified atom stereocenters. The molecule has 4 aromatic rings. The number of hydrazone groups is 2. The van der Waals surface area contributed by atoms with Crippen molar-refractivity contribution in [2.24, 2.45) is 25.6 Å². The van der Waals surface area contributed by atoms with Gasteiger partial charge in [0.15, 0.2) is 6.04 Å². The summed E-state index contributed by atoms with van der Waals surface area (Å²) in [5.74, 6) is -2.29. The Balaban J connectivity index is 0.000000291. The number of nitrogens with one attached hydrogen (secondary N) is 3. The monoisotopic (exact) mass is 824 g/mol. The molecule has 6 rings (SSSR count). The first-order valence-electron chi connectivity index (χ1n) is 15.4. The minimum Gasteiger partial charge on any atom is -0.667 e. The molecule has 0 radical (unpaired) electrons. The Bertz CT molecular complexity index is 2580. The fraction of sp³-hybridized carbons (Fsp3) is 0.0882. The summed E-state index contributed by atoms with van der Waals surface area (Å²) in [6.45, 7) is 1.64. The van der Waals surface area contributed by atoms with Gasteiger partial charge < -0.3 is 25.9 Å². The van der Waals surface area contributed by atoms with Crippen molar-refractivity contribution in [2.45, 2.75) is 24.3 Å². The van der Waals surface area contributed by atoms with Gasteiger partial charge in [-0.25, -0.2) is 22.0 Å². The van der Waals surface area contributed by atoms with E-state index >= 15 is 0 Å². The number of fused-ring (bicyclic) bond motifs is 1. The van der Waals surface area contributed by atoms with Crippen molar-refractivity contribution in [1.29, 1.82) is 0 Å². The minimum absolute atomic E-state index is 0. The van der Waals surface area contributed by atoms with E-state index < -0.39 is 37.8 Å². The topological polar surface area (TPSA) is 298 Å². The number of benzene rings is 4. The van der Waals surface area contributed by atoms with Crippen LogP contribution >= 0.6 is 0 Å². The zero-order valence-corrected chi connectivity index (χ0v) is 31.2. The van der Waals surface area contributed by atoms with E-state index in [1.54, 1.807) is 55.5 Å². The molecule has 0 bridgehead atoms. The molecule has 18 nitrogen and oxygen atoms in total. The van der Waals surface area contributed by atoms with E-state index in [0.717, 1.165) is 36.4 Å². The maximum Gasteiger partial charge on any atom is 1.00 e. The molecule has 0 fully saturated rings. The van der Waals surface area contributed by atoms with Gasteiger partial charge in [-0.3, -0.25) is 15.0 Å². The second kappa shape index (κ2) is 16.9. The third-order valence-electron chi connectivity index (χ3n) is 7.65. The van der Waals surface area contributed by atoms with Crippen LogP contribution in [0, 0.1) is 0 Å². The van der Waals surface area contributed by atoms with Crippen LogP contribution in [-0.4, -0.2) is 62.1 Å². The first-order valence-corrected chi connectivity index (χ1v) is 18.4. The molecule has 0 saturated carbocycles. The van der Waals surface area contributed by atoms with Crippen molar-refractivity contribution < 1.29 is 60.2 Å². The summed E-state index contributed by atoms with van der Waals surface area (Å²) in [5, 5.41) is 50.4. The fourth-order valence-electron chi connectivity index (χ4n) is 5.06. The zero-order valence-electron chi connectivity index (χ0n) is 29.3. The number of nitrogens with two attached hydrogens (primary N) is 1. The number of primary sulfonamides is 1. The Labute approximate surface area is 326 Å². The Kier molecular flexibility index (Phi) is 12.8. The second-order valence-electron chi connectivity index (χ2n) is 11.5. The van der Waals surface area contributed by atoms with Crippen molar-refractivity contribution >= 4 is 76.9 Å². The molecule has 21 heteroatoms. The first-order chi connectivity index (χ1) is 25.4. The number of hydrogen-bond acceptors (Lipinski definition) is 14. The van der Waals surface area contributed by atoms with Crippen LogP contribution in [0.15, 0.2) is 127 Å². The summed E-state index contributed by atoms with van der Waals surface area (Å²) >= 11 is 0. The summed E-state index contributed by atoms with van der Waals surface area (Å²) in [5.41, 5.74) is 10.9. The van der Waals surface area contributed by atoms with Gasteiger partial charge in [-0.15, -0.1) is 10.2 Å². The third-order valence-corrected chi connectivity index (χ3v) is 9.44. The van der Waals surface area contributed by atoms with Gasteiger partial charge in [0.05, 0.1) is 37.1 Å². The molecular weight excluding hydrogens is 795 g/mol. The predicted octanol–water partition coefficient (Wildman–Crippen LogP) is 4.67. The molecular formula is C34H30CrN9O9S2-. The summed E-state index contributed by atoms with van der Waals surface area (Å²) in [4.78, 5) is 35.0. The number of carbonyl (C=O) groups is 3. The maximum absolute atomic E-state index is 12.5. The van der Waals surface area contributed by atoms with Crippen LogP contribution in [0.25, 0.3) is 21.6 Å². The number of phenols is 2. The summed E-state index contributed by atoms with van der Waals surface area (Å²) < 4.78 is 45.5. The van der Waals surface area contributed by atoms with Crippen LogP contribution in [0.5, 0.6) is 11.5 Å². The molecule has 1 aliphatic heterocycles. The molecule has 284 valence electrons. The molecule has 55 heavy (non-hydrogen) atoms. The van der Waals surface area contributed by atoms with Crippen molar-refractivity contribution in [1.82, 2.24) is 5.43 Å². The van der Waals surface area contributed by atoms with Crippen LogP contribution in [0.4, 0.5) is 17.1 Å². The van der Waals surface area contributed by atoms with Crippen LogP contribution in [0.1, 0.15) is 13.9 Å². The van der Waals surface area contributed by atoms with Gasteiger partial charge in [0.1, 0.15) is 28.6 Å². The zero-order chi connectivity index (χ0) is 39.4. The normalized spacial score (nSPS) is 16.4. The number of phenolic OH excluding ortho intramolecular Hbond substituents is 2. The second-order valence-corrected chi connectivity index (χ2v) is 14.5. The predicted molar refractivity (Wildman–Crippen MR) is 200 cm³/mol. The fourth-order valence-corrected chi connectivity index (χ4v) is 6.11. The number of para-hydroxylation sites is 1. The molecule has 0 spiro atoms. The van der Waals surface area contributed by atoms with Crippen LogP contribution in [0.2, 0.25) is 0 Å². The van der Waals surface area contributed by atoms with Gasteiger partial charge in [0, 0.05) is 29.2 Å². The van der Waals surface area contributed by atoms with Crippen molar-refractivity contribution in [3.63, 3.8) is 0 Å². The SMILES string of the molecule is CC1=NN(c2ccccc2)C(=O)C1N/N=C1/C=C(S([NH-])(=O)=O)C=CC1=O.[Cr].[H+].[NH-]C(=O)Cc1cccc2ccc(O)c(N=Nc3cc(S(N)(=O)=O)ccc3O)c12. The molecule has 1 heterocycles. The summed E-state index contributed by atoms with van der Waals surface area (Å²) in [7, 11) is -8.23. The molecule has 2 amide bonds. The van der Waals surface area contributed by atoms with Gasteiger partial charge in [0.2, 0.25) is 15.8 Å². The van der Waals surface area contributed by atoms with E-state index in [-0.39, 0.29) is 69.5 Å². The number of carbonyl (C=O) groups excluding carboxylic acids is 3. The van der Waals surface area contributed by atoms with E-state index in [2.05, 4.69) is 25.9 Å². The number of nitrogens with zero attached hydrogens (tertiary/aromatic N) is 5. The number of ketones is 1. The average Bonchev–Trinajstić information content (AvgIpc) is 3.39. The Hall–Kier alpha value is -6.08. The molecule has 7 N–H and O–H groups in total. The van der Waals surface area contributed by atoms with Crippen molar-refractivity contribution in [2.75, 3.05) is 5.01 Å². The van der Waals surface area contributed by atoms with Crippen LogP contribution < -0.4 is 15.6 Å². The third kappa shape index (κ3) is 9.92. The largest absolute Gasteiger partial charge is 1.00 e. The number of azo groups is 1. The van der Waals surface area contributed by atoms with Crippen LogP contribution in [-0.2, 0) is 58.2 Å². The Morgan fingerprint density at radius 2 is 1.65 bits per heavy atom. The Morgan fingerprint density at radius 3 is 2.31 bits per heavy atom. The smallest absolute Gasteiger partial charge is 0.667 e. The van der Waals surface area contributed by atoms with Gasteiger partial charge in [-0.2, -0.15) is 15.2 Å².